The van der Waals surface area contributed by atoms with Crippen molar-refractivity contribution in [2.45, 2.75) is 13.1 Å². The van der Waals surface area contributed by atoms with E-state index in [2.05, 4.69) is 26.4 Å². The summed E-state index contributed by atoms with van der Waals surface area (Å²) in [6.45, 7) is 4.11. The lowest BCUT2D eigenvalue weighted by atomic mass is 10.1. The van der Waals surface area contributed by atoms with Crippen molar-refractivity contribution in [3.63, 3.8) is 0 Å². The molecule has 0 saturated carbocycles. The summed E-state index contributed by atoms with van der Waals surface area (Å²) < 4.78 is 1.77. The van der Waals surface area contributed by atoms with Gasteiger partial charge < -0.3 is 15.1 Å². The van der Waals surface area contributed by atoms with Crippen LogP contribution in [0.2, 0.25) is 5.02 Å². The van der Waals surface area contributed by atoms with Crippen LogP contribution >= 0.6 is 11.6 Å². The van der Waals surface area contributed by atoms with Gasteiger partial charge in [-0.1, -0.05) is 41.9 Å². The molecule has 3 aromatic rings. The molecule has 1 fully saturated rings. The number of benzene rings is 2. The highest BCUT2D eigenvalue weighted by Crippen LogP contribution is 2.20. The van der Waals surface area contributed by atoms with E-state index in [4.69, 9.17) is 11.6 Å². The number of nitrogens with zero attached hydrogens (tertiary/aromatic N) is 5. The van der Waals surface area contributed by atoms with E-state index >= 15 is 0 Å². The Morgan fingerprint density at radius 1 is 1.03 bits per heavy atom. The third-order valence-electron chi connectivity index (χ3n) is 4.99. The number of anilines is 1. The zero-order valence-corrected chi connectivity index (χ0v) is 16.8. The Kier molecular flexibility index (Phi) is 5.95. The highest BCUT2D eigenvalue weighted by Gasteiger charge is 2.21. The second-order valence-corrected chi connectivity index (χ2v) is 7.46. The molecule has 7 nitrogen and oxygen atoms in total. The predicted molar refractivity (Wildman–Crippen MR) is 113 cm³/mol. The quantitative estimate of drug-likeness (QED) is 0.702. The number of hydrogen-bond donors (Lipinski definition) is 1. The van der Waals surface area contributed by atoms with Gasteiger partial charge in [-0.25, -0.2) is 14.5 Å². The monoisotopic (exact) mass is 410 g/mol. The van der Waals surface area contributed by atoms with E-state index in [0.29, 0.717) is 26.2 Å². The highest BCUT2D eigenvalue weighted by atomic mass is 35.5. The first-order chi connectivity index (χ1) is 14.2. The molecule has 0 aliphatic carbocycles. The minimum Gasteiger partial charge on any atom is -0.368 e. The van der Waals surface area contributed by atoms with Gasteiger partial charge in [-0.15, -0.1) is 0 Å². The van der Waals surface area contributed by atoms with Gasteiger partial charge in [-0.2, -0.15) is 5.10 Å². The number of urea groups is 1. The number of nitrogens with one attached hydrogen (secondary N) is 1. The van der Waals surface area contributed by atoms with Gasteiger partial charge in [0.2, 0.25) is 0 Å². The van der Waals surface area contributed by atoms with Crippen molar-refractivity contribution < 1.29 is 4.79 Å². The Labute approximate surface area is 174 Å². The fourth-order valence-electron chi connectivity index (χ4n) is 3.47. The average molecular weight is 411 g/mol. The Balaban J connectivity index is 1.27. The van der Waals surface area contributed by atoms with E-state index in [1.54, 1.807) is 11.0 Å². The minimum absolute atomic E-state index is 0.0302. The summed E-state index contributed by atoms with van der Waals surface area (Å²) in [6, 6.07) is 15.9. The van der Waals surface area contributed by atoms with Gasteiger partial charge in [0.25, 0.3) is 0 Å². The van der Waals surface area contributed by atoms with E-state index in [9.17, 15) is 4.79 Å². The van der Waals surface area contributed by atoms with Crippen molar-refractivity contribution in [2.24, 2.45) is 0 Å². The van der Waals surface area contributed by atoms with Crippen molar-refractivity contribution >= 4 is 23.3 Å². The zero-order valence-electron chi connectivity index (χ0n) is 16.0. The molecular weight excluding hydrogens is 388 g/mol. The number of carbonyl (C=O) groups excluding carboxylic acids is 1. The van der Waals surface area contributed by atoms with Crippen LogP contribution in [0.3, 0.4) is 0 Å². The topological polar surface area (TPSA) is 66.3 Å². The summed E-state index contributed by atoms with van der Waals surface area (Å²) in [5.74, 6) is 0. The maximum absolute atomic E-state index is 12.6. The summed E-state index contributed by atoms with van der Waals surface area (Å²) in [5.41, 5.74) is 3.28. The van der Waals surface area contributed by atoms with Gasteiger partial charge in [-0.3, -0.25) is 0 Å². The smallest absolute Gasteiger partial charge is 0.317 e. The number of amides is 2. The highest BCUT2D eigenvalue weighted by molar-refractivity contribution is 6.30. The average Bonchev–Trinajstić information content (AvgIpc) is 3.25. The molecule has 1 saturated heterocycles. The zero-order chi connectivity index (χ0) is 20.1. The molecule has 0 bridgehead atoms. The standard InChI is InChI=1S/C21H23ClN6O/c22-19-5-2-6-20(12-19)26-7-9-27(10-8-26)21(29)24-13-17-3-1-4-18(11-17)14-28-16-23-15-25-28/h1-6,11-12,15-16H,7-10,13-14H2,(H,24,29). The van der Waals surface area contributed by atoms with E-state index < -0.39 is 0 Å². The van der Waals surface area contributed by atoms with Crippen LogP contribution in [0.15, 0.2) is 61.2 Å². The van der Waals surface area contributed by atoms with E-state index in [1.165, 1.54) is 6.33 Å². The minimum atomic E-state index is -0.0302. The maximum Gasteiger partial charge on any atom is 0.317 e. The van der Waals surface area contributed by atoms with Gasteiger partial charge in [0.15, 0.2) is 0 Å². The third kappa shape index (κ3) is 5.06. The van der Waals surface area contributed by atoms with Crippen molar-refractivity contribution in [2.75, 3.05) is 31.1 Å². The molecule has 0 unspecified atom stereocenters. The molecule has 1 aliphatic heterocycles. The molecule has 2 heterocycles. The van der Waals surface area contributed by atoms with Crippen LogP contribution in [-0.4, -0.2) is 51.9 Å². The van der Waals surface area contributed by atoms with Crippen molar-refractivity contribution in [3.05, 3.63) is 77.3 Å². The summed E-state index contributed by atoms with van der Waals surface area (Å²) in [5, 5.41) is 7.89. The molecule has 29 heavy (non-hydrogen) atoms. The Hall–Kier alpha value is -3.06. The van der Waals surface area contributed by atoms with Gasteiger partial charge in [0.05, 0.1) is 6.54 Å². The second kappa shape index (κ2) is 8.96. The van der Waals surface area contributed by atoms with E-state index in [0.717, 1.165) is 34.9 Å². The first kappa shape index (κ1) is 19.3. The molecule has 1 aliphatic rings. The Morgan fingerprint density at radius 2 is 1.83 bits per heavy atom. The number of halogens is 1. The summed E-state index contributed by atoms with van der Waals surface area (Å²) >= 11 is 6.08. The largest absolute Gasteiger partial charge is 0.368 e. The fraction of sp³-hybridized carbons (Fsp3) is 0.286. The Morgan fingerprint density at radius 3 is 2.59 bits per heavy atom. The first-order valence-corrected chi connectivity index (χ1v) is 9.99. The van der Waals surface area contributed by atoms with Crippen molar-refractivity contribution in [1.82, 2.24) is 25.0 Å². The van der Waals surface area contributed by atoms with Crippen LogP contribution in [0.4, 0.5) is 10.5 Å². The molecule has 0 radical (unpaired) electrons. The molecule has 2 amide bonds. The van der Waals surface area contributed by atoms with Gasteiger partial charge in [-0.05, 0) is 29.3 Å². The second-order valence-electron chi connectivity index (χ2n) is 7.03. The predicted octanol–water partition coefficient (Wildman–Crippen LogP) is 3.01. The first-order valence-electron chi connectivity index (χ1n) is 9.61. The molecule has 1 N–H and O–H groups in total. The lowest BCUT2D eigenvalue weighted by Crippen LogP contribution is -2.51. The van der Waals surface area contributed by atoms with Gasteiger partial charge in [0, 0.05) is 43.4 Å². The van der Waals surface area contributed by atoms with Crippen LogP contribution in [-0.2, 0) is 13.1 Å². The van der Waals surface area contributed by atoms with E-state index in [1.807, 2.05) is 47.4 Å². The number of aromatic nitrogens is 3. The number of rotatable bonds is 5. The fourth-order valence-corrected chi connectivity index (χ4v) is 3.65. The Bertz CT molecular complexity index is 953. The molecule has 1 aromatic heterocycles. The summed E-state index contributed by atoms with van der Waals surface area (Å²) in [7, 11) is 0. The molecule has 150 valence electrons. The van der Waals surface area contributed by atoms with Crippen LogP contribution in [0.5, 0.6) is 0 Å². The summed E-state index contributed by atoms with van der Waals surface area (Å²) in [4.78, 5) is 20.6. The van der Waals surface area contributed by atoms with Gasteiger partial charge >= 0.3 is 6.03 Å². The molecule has 2 aromatic carbocycles. The lowest BCUT2D eigenvalue weighted by Gasteiger charge is -2.36. The van der Waals surface area contributed by atoms with Crippen molar-refractivity contribution in [1.29, 1.82) is 0 Å². The molecule has 4 rings (SSSR count). The van der Waals surface area contributed by atoms with Crippen molar-refractivity contribution in [3.8, 4) is 0 Å². The van der Waals surface area contributed by atoms with Crippen LogP contribution in [0, 0.1) is 0 Å². The van der Waals surface area contributed by atoms with Crippen LogP contribution in [0.25, 0.3) is 0 Å². The molecule has 0 atom stereocenters. The molecule has 8 heteroatoms. The lowest BCUT2D eigenvalue weighted by molar-refractivity contribution is 0.194. The number of piperazine rings is 1. The third-order valence-corrected chi connectivity index (χ3v) is 5.22. The van der Waals surface area contributed by atoms with Crippen LogP contribution < -0.4 is 10.2 Å². The molecule has 0 spiro atoms. The SMILES string of the molecule is O=C(NCc1cccc(Cn2cncn2)c1)N1CCN(c2cccc(Cl)c2)CC1. The molecular formula is C21H23ClN6O. The maximum atomic E-state index is 12.6. The summed E-state index contributed by atoms with van der Waals surface area (Å²) in [6.07, 6.45) is 3.22. The number of hydrogen-bond acceptors (Lipinski definition) is 4. The van der Waals surface area contributed by atoms with E-state index in [-0.39, 0.29) is 6.03 Å². The number of carbonyl (C=O) groups is 1. The van der Waals surface area contributed by atoms with Crippen LogP contribution in [0.1, 0.15) is 11.1 Å². The normalized spacial score (nSPS) is 14.1. The van der Waals surface area contributed by atoms with Gasteiger partial charge in [0.1, 0.15) is 12.7 Å².